The van der Waals surface area contributed by atoms with E-state index in [1.54, 1.807) is 63.4 Å². The summed E-state index contributed by atoms with van der Waals surface area (Å²) in [7, 11) is -3.82. The third-order valence-electron chi connectivity index (χ3n) is 7.29. The van der Waals surface area contributed by atoms with E-state index in [1.165, 1.54) is 17.0 Å². The third kappa shape index (κ3) is 8.24. The van der Waals surface area contributed by atoms with Crippen molar-refractivity contribution >= 4 is 38.7 Å². The molecule has 3 aromatic carbocycles. The second kappa shape index (κ2) is 13.0. The Bertz CT molecular complexity index is 1800. The van der Waals surface area contributed by atoms with Crippen molar-refractivity contribution in [1.29, 1.82) is 0 Å². The lowest BCUT2D eigenvalue weighted by Crippen LogP contribution is -2.51. The van der Waals surface area contributed by atoms with Crippen LogP contribution in [0.2, 0.25) is 0 Å². The van der Waals surface area contributed by atoms with Gasteiger partial charge in [0, 0.05) is 30.6 Å². The average Bonchev–Trinajstić information content (AvgIpc) is 2.96. The van der Waals surface area contributed by atoms with Crippen molar-refractivity contribution in [3.63, 3.8) is 0 Å². The van der Waals surface area contributed by atoms with Crippen molar-refractivity contribution < 1.29 is 26.7 Å². The Kier molecular flexibility index (Phi) is 9.24. The SMILES string of the molecule is CCc1cc(-c2ccc(NS(=O)(=O)Cc3ccccc3)c(F)c2)cc2cnc(N[C@H]3C[C@H](F)CN(C(=O)OC(C)(C)C)C3)nc12. The molecule has 1 amide bonds. The van der Waals surface area contributed by atoms with Gasteiger partial charge in [0.1, 0.15) is 17.6 Å². The molecule has 0 radical (unpaired) electrons. The van der Waals surface area contributed by atoms with Crippen LogP contribution >= 0.6 is 0 Å². The van der Waals surface area contributed by atoms with E-state index < -0.39 is 39.7 Å². The van der Waals surface area contributed by atoms with Crippen LogP contribution in [0.4, 0.5) is 25.2 Å². The fourth-order valence-corrected chi connectivity index (χ4v) is 6.50. The number of aromatic nitrogens is 2. The molecule has 2 heterocycles. The number of alkyl halides is 1. The summed E-state index contributed by atoms with van der Waals surface area (Å²) in [6.45, 7) is 7.49. The minimum atomic E-state index is -3.82. The molecule has 1 fully saturated rings. The summed E-state index contributed by atoms with van der Waals surface area (Å²) in [5.74, 6) is -0.656. The number of piperidine rings is 1. The van der Waals surface area contributed by atoms with Gasteiger partial charge in [-0.2, -0.15) is 0 Å². The van der Waals surface area contributed by atoms with Gasteiger partial charge in [-0.3, -0.25) is 4.72 Å². The summed E-state index contributed by atoms with van der Waals surface area (Å²) in [5.41, 5.74) is 2.66. The summed E-state index contributed by atoms with van der Waals surface area (Å²) in [4.78, 5) is 23.1. The molecule has 12 heteroatoms. The van der Waals surface area contributed by atoms with Crippen molar-refractivity contribution in [3.8, 4) is 11.1 Å². The second-order valence-electron chi connectivity index (χ2n) is 12.2. The molecule has 1 aliphatic rings. The highest BCUT2D eigenvalue weighted by Crippen LogP contribution is 2.31. The summed E-state index contributed by atoms with van der Waals surface area (Å²) < 4.78 is 62.8. The monoisotopic (exact) mass is 637 g/mol. The topological polar surface area (TPSA) is 114 Å². The highest BCUT2D eigenvalue weighted by atomic mass is 32.2. The first kappa shape index (κ1) is 32.1. The number of carbonyl (C=O) groups excluding carboxylic acids is 1. The molecule has 5 rings (SSSR count). The molecule has 0 spiro atoms. The van der Waals surface area contributed by atoms with E-state index in [1.807, 2.05) is 19.1 Å². The lowest BCUT2D eigenvalue weighted by Gasteiger charge is -2.36. The van der Waals surface area contributed by atoms with Crippen LogP contribution in [0.25, 0.3) is 22.0 Å². The zero-order chi connectivity index (χ0) is 32.4. The van der Waals surface area contributed by atoms with Gasteiger partial charge >= 0.3 is 6.09 Å². The number of rotatable bonds is 8. The first-order chi connectivity index (χ1) is 21.3. The van der Waals surface area contributed by atoms with Crippen LogP contribution in [0.5, 0.6) is 0 Å². The predicted molar refractivity (Wildman–Crippen MR) is 172 cm³/mol. The normalized spacial score (nSPS) is 17.2. The number of fused-ring (bicyclic) bond motifs is 1. The number of aryl methyl sites for hydroxylation is 1. The van der Waals surface area contributed by atoms with Crippen LogP contribution in [-0.2, 0) is 26.9 Å². The van der Waals surface area contributed by atoms with Crippen molar-refractivity contribution in [2.75, 3.05) is 23.1 Å². The van der Waals surface area contributed by atoms with E-state index in [-0.39, 0.29) is 31.0 Å². The summed E-state index contributed by atoms with van der Waals surface area (Å²) in [6.07, 6.45) is 0.694. The fraction of sp³-hybridized carbons (Fsp3) is 0.364. The zero-order valence-corrected chi connectivity index (χ0v) is 26.5. The maximum Gasteiger partial charge on any atom is 0.410 e. The molecular formula is C33H37F2N5O4S. The van der Waals surface area contributed by atoms with E-state index >= 15 is 4.39 Å². The number of amides is 1. The average molecular weight is 638 g/mol. The molecule has 1 saturated heterocycles. The molecule has 0 aliphatic carbocycles. The largest absolute Gasteiger partial charge is 0.444 e. The van der Waals surface area contributed by atoms with Gasteiger partial charge in [0.05, 0.1) is 23.5 Å². The summed E-state index contributed by atoms with van der Waals surface area (Å²) >= 11 is 0. The number of halogens is 2. The van der Waals surface area contributed by atoms with Gasteiger partial charge in [-0.15, -0.1) is 0 Å². The van der Waals surface area contributed by atoms with Gasteiger partial charge < -0.3 is 15.0 Å². The minimum Gasteiger partial charge on any atom is -0.444 e. The highest BCUT2D eigenvalue weighted by Gasteiger charge is 2.33. The maximum atomic E-state index is 15.1. The number of hydrogen-bond acceptors (Lipinski definition) is 7. The van der Waals surface area contributed by atoms with E-state index in [4.69, 9.17) is 9.72 Å². The van der Waals surface area contributed by atoms with E-state index in [0.717, 1.165) is 16.5 Å². The van der Waals surface area contributed by atoms with Gasteiger partial charge in [0.2, 0.25) is 16.0 Å². The number of ether oxygens (including phenoxy) is 1. The molecule has 0 bridgehead atoms. The Labute approximate surface area is 262 Å². The van der Waals surface area contributed by atoms with Gasteiger partial charge in [0.25, 0.3) is 0 Å². The Hall–Kier alpha value is -4.32. The van der Waals surface area contributed by atoms with Crippen LogP contribution in [0, 0.1) is 5.82 Å². The molecule has 0 saturated carbocycles. The molecule has 9 nitrogen and oxygen atoms in total. The van der Waals surface area contributed by atoms with Crippen LogP contribution in [0.15, 0.2) is 66.9 Å². The Balaban J connectivity index is 1.33. The quantitative estimate of drug-likeness (QED) is 0.221. The molecule has 1 aliphatic heterocycles. The lowest BCUT2D eigenvalue weighted by molar-refractivity contribution is 0.0124. The lowest BCUT2D eigenvalue weighted by atomic mass is 9.98. The Morgan fingerprint density at radius 3 is 2.51 bits per heavy atom. The van der Waals surface area contributed by atoms with Crippen LogP contribution in [0.1, 0.15) is 45.2 Å². The molecule has 2 N–H and O–H groups in total. The smallest absolute Gasteiger partial charge is 0.410 e. The Morgan fingerprint density at radius 1 is 1.07 bits per heavy atom. The van der Waals surface area contributed by atoms with Crippen molar-refractivity contribution in [2.24, 2.45) is 0 Å². The van der Waals surface area contributed by atoms with E-state index in [2.05, 4.69) is 15.0 Å². The van der Waals surface area contributed by atoms with Crippen LogP contribution in [0.3, 0.4) is 0 Å². The predicted octanol–water partition coefficient (Wildman–Crippen LogP) is 6.70. The minimum absolute atomic E-state index is 0.0322. The number of likely N-dealkylation sites (tertiary alicyclic amines) is 1. The number of anilines is 2. The van der Waals surface area contributed by atoms with Gasteiger partial charge in [-0.1, -0.05) is 43.3 Å². The van der Waals surface area contributed by atoms with Crippen LogP contribution in [-0.4, -0.2) is 60.3 Å². The first-order valence-corrected chi connectivity index (χ1v) is 16.5. The van der Waals surface area contributed by atoms with Crippen molar-refractivity contribution in [3.05, 3.63) is 83.8 Å². The third-order valence-corrected chi connectivity index (χ3v) is 8.54. The number of hydrogen-bond donors (Lipinski definition) is 2. The maximum absolute atomic E-state index is 15.1. The van der Waals surface area contributed by atoms with Gasteiger partial charge in [-0.25, -0.2) is 32.0 Å². The van der Waals surface area contributed by atoms with Gasteiger partial charge in [0.15, 0.2) is 0 Å². The number of benzene rings is 3. The van der Waals surface area contributed by atoms with Crippen LogP contribution < -0.4 is 10.0 Å². The standard InChI is InChI=1S/C33H37F2N5O4S/c1-5-22-13-24(23-11-12-29(28(35)15-23)39-45(42,43)20-21-9-7-6-8-10-21)14-25-17-36-31(38-30(22)25)37-27-16-26(34)18-40(19-27)32(41)44-33(2,3)4/h6-15,17,26-27,39H,5,16,18-20H2,1-4H3,(H,36,37,38)/t26-,27-/m0/s1. The number of nitrogens with one attached hydrogen (secondary N) is 2. The molecule has 2 atom stereocenters. The van der Waals surface area contributed by atoms with E-state index in [9.17, 15) is 17.6 Å². The number of sulfonamides is 1. The molecule has 238 valence electrons. The molecule has 0 unspecified atom stereocenters. The number of nitrogens with zero attached hydrogens (tertiary/aromatic N) is 3. The Morgan fingerprint density at radius 2 is 1.82 bits per heavy atom. The van der Waals surface area contributed by atoms with Gasteiger partial charge in [-0.05, 0) is 73.7 Å². The summed E-state index contributed by atoms with van der Waals surface area (Å²) in [5, 5.41) is 3.91. The highest BCUT2D eigenvalue weighted by molar-refractivity contribution is 7.91. The molecular weight excluding hydrogens is 600 g/mol. The van der Waals surface area contributed by atoms with E-state index in [0.29, 0.717) is 29.0 Å². The van der Waals surface area contributed by atoms with Crippen molar-refractivity contribution in [1.82, 2.24) is 14.9 Å². The molecule has 1 aromatic heterocycles. The first-order valence-electron chi connectivity index (χ1n) is 14.8. The summed E-state index contributed by atoms with van der Waals surface area (Å²) in [6, 6.07) is 16.4. The molecule has 4 aromatic rings. The second-order valence-corrected chi connectivity index (χ2v) is 13.9. The fourth-order valence-electron chi connectivity index (χ4n) is 5.30. The van der Waals surface area contributed by atoms with Crippen molar-refractivity contribution in [2.45, 2.75) is 64.1 Å². The molecule has 45 heavy (non-hydrogen) atoms. The zero-order valence-electron chi connectivity index (χ0n) is 25.7. The number of carbonyl (C=O) groups is 1.